The fraction of sp³-hybridized carbons (Fsp3) is 0.400. The lowest BCUT2D eigenvalue weighted by atomic mass is 10.5. The highest BCUT2D eigenvalue weighted by molar-refractivity contribution is 5.38. The van der Waals surface area contributed by atoms with Gasteiger partial charge in [0.25, 0.3) is 0 Å². The first-order valence-electron chi connectivity index (χ1n) is 2.40. The van der Waals surface area contributed by atoms with Crippen LogP contribution in [0.25, 0.3) is 0 Å². The van der Waals surface area contributed by atoms with Gasteiger partial charge in [0.15, 0.2) is 0 Å². The van der Waals surface area contributed by atoms with Crippen LogP contribution in [-0.2, 0) is 9.53 Å². The number of ether oxygens (including phenoxy) is 1. The van der Waals surface area contributed by atoms with Gasteiger partial charge in [-0.3, -0.25) is 0 Å². The van der Waals surface area contributed by atoms with E-state index in [0.717, 1.165) is 6.47 Å². The lowest BCUT2D eigenvalue weighted by molar-refractivity contribution is -0.109. The molecule has 0 aromatic heterocycles. The molecule has 11 heavy (non-hydrogen) atoms. The molecule has 1 radical (unpaired) electrons. The third-order valence-electron chi connectivity index (χ3n) is 0.676. The van der Waals surface area contributed by atoms with Crippen LogP contribution in [0, 0.1) is 0 Å². The minimum atomic E-state index is -5.01. The van der Waals surface area contributed by atoms with Crippen molar-refractivity contribution < 1.29 is 27.1 Å². The maximum absolute atomic E-state index is 11.8. The van der Waals surface area contributed by atoms with Crippen LogP contribution in [0.4, 0.5) is 17.6 Å². The molecule has 0 bridgehead atoms. The molecule has 0 saturated carbocycles. The van der Waals surface area contributed by atoms with Crippen molar-refractivity contribution in [3.63, 3.8) is 0 Å². The van der Waals surface area contributed by atoms with E-state index in [1.165, 1.54) is 0 Å². The summed E-state index contributed by atoms with van der Waals surface area (Å²) in [5.74, 6) is -2.28. The number of carbonyl (C=O) groups excluding carboxylic acids is 1. The fourth-order valence-corrected chi connectivity index (χ4v) is 0.265. The van der Waals surface area contributed by atoms with Crippen LogP contribution in [0.3, 0.4) is 0 Å². The zero-order chi connectivity index (χ0) is 8.91. The third kappa shape index (κ3) is 4.35. The van der Waals surface area contributed by atoms with Gasteiger partial charge in [0.05, 0.1) is 0 Å². The van der Waals surface area contributed by atoms with Gasteiger partial charge in [-0.25, -0.2) is 9.18 Å². The second-order valence-corrected chi connectivity index (χ2v) is 1.44. The van der Waals surface area contributed by atoms with E-state index in [2.05, 4.69) is 4.74 Å². The molecule has 0 aromatic rings. The molecule has 0 heterocycles. The molecule has 0 aliphatic heterocycles. The van der Waals surface area contributed by atoms with Crippen LogP contribution >= 0.6 is 0 Å². The first kappa shape index (κ1) is 9.93. The third-order valence-corrected chi connectivity index (χ3v) is 0.676. The smallest absolute Gasteiger partial charge is 0.442 e. The Hall–Kier alpha value is -1.07. The Balaban J connectivity index is 3.90. The Labute approximate surface area is 59.4 Å². The molecule has 0 amide bonds. The Morgan fingerprint density at radius 3 is 2.45 bits per heavy atom. The summed E-state index contributed by atoms with van der Waals surface area (Å²) in [6.07, 6.45) is -4.91. The number of hydrogen-bond acceptors (Lipinski definition) is 2. The molecule has 0 rings (SSSR count). The van der Waals surface area contributed by atoms with E-state index in [4.69, 9.17) is 0 Å². The van der Waals surface area contributed by atoms with Crippen LogP contribution in [-0.4, -0.2) is 19.3 Å². The summed E-state index contributed by atoms with van der Waals surface area (Å²) in [4.78, 5) is 9.26. The van der Waals surface area contributed by atoms with E-state index >= 15 is 0 Å². The van der Waals surface area contributed by atoms with Crippen molar-refractivity contribution in [2.24, 2.45) is 0 Å². The maximum atomic E-state index is 11.8. The zero-order valence-corrected chi connectivity index (χ0v) is 5.11. The topological polar surface area (TPSA) is 26.3 Å². The summed E-state index contributed by atoms with van der Waals surface area (Å²) in [5.41, 5.74) is 0. The largest absolute Gasteiger partial charge is 0.453 e. The van der Waals surface area contributed by atoms with Gasteiger partial charge in [-0.15, -0.1) is 0 Å². The molecular weight excluding hydrogens is 168 g/mol. The van der Waals surface area contributed by atoms with Crippen molar-refractivity contribution in [3.8, 4) is 0 Å². The molecule has 0 unspecified atom stereocenters. The Kier molecular flexibility index (Phi) is 3.56. The van der Waals surface area contributed by atoms with E-state index in [1.807, 2.05) is 0 Å². The summed E-state index contributed by atoms with van der Waals surface area (Å²) in [5, 5.41) is 0. The Bertz CT molecular complexity index is 160. The normalized spacial score (nSPS) is 12.9. The highest BCUT2D eigenvalue weighted by Gasteiger charge is 2.34. The second-order valence-electron chi connectivity index (χ2n) is 1.44. The molecule has 0 N–H and O–H groups in total. The molecule has 0 aliphatic rings. The molecular formula is C5H3F4O2. The predicted molar refractivity (Wildman–Crippen MR) is 26.9 cm³/mol. The lowest BCUT2D eigenvalue weighted by Gasteiger charge is -2.00. The lowest BCUT2D eigenvalue weighted by Crippen LogP contribution is -2.08. The molecule has 0 atom stereocenters. The molecule has 2 nitrogen and oxygen atoms in total. The van der Waals surface area contributed by atoms with Crippen LogP contribution < -0.4 is 0 Å². The SMILES string of the molecule is O=[C]OC/C=C(\F)C(F)(F)F. The zero-order valence-electron chi connectivity index (χ0n) is 5.11. The molecule has 0 aromatic carbocycles. The average Bonchev–Trinajstić information content (AvgIpc) is 1.86. The fourth-order valence-electron chi connectivity index (χ4n) is 0.265. The van der Waals surface area contributed by atoms with Gasteiger partial charge in [-0.05, 0) is 6.08 Å². The number of hydrogen-bond donors (Lipinski definition) is 0. The number of allylic oxidation sites excluding steroid dienone is 1. The van der Waals surface area contributed by atoms with Crippen molar-refractivity contribution in [1.82, 2.24) is 0 Å². The van der Waals surface area contributed by atoms with Crippen molar-refractivity contribution >= 4 is 6.47 Å². The van der Waals surface area contributed by atoms with Gasteiger partial charge in [0, 0.05) is 0 Å². The van der Waals surface area contributed by atoms with E-state index in [0.29, 0.717) is 0 Å². The molecule has 6 heteroatoms. The Morgan fingerprint density at radius 1 is 1.55 bits per heavy atom. The van der Waals surface area contributed by atoms with Crippen LogP contribution in [0.5, 0.6) is 0 Å². The van der Waals surface area contributed by atoms with E-state index < -0.39 is 18.6 Å². The molecule has 63 valence electrons. The monoisotopic (exact) mass is 171 g/mol. The quantitative estimate of drug-likeness (QED) is 0.475. The van der Waals surface area contributed by atoms with Gasteiger partial charge in [0.2, 0.25) is 5.83 Å². The average molecular weight is 171 g/mol. The first-order valence-corrected chi connectivity index (χ1v) is 2.40. The highest BCUT2D eigenvalue weighted by Crippen LogP contribution is 2.25. The van der Waals surface area contributed by atoms with Gasteiger partial charge < -0.3 is 4.74 Å². The molecule has 0 spiro atoms. The minimum Gasteiger partial charge on any atom is -0.453 e. The Morgan fingerprint density at radius 2 is 2.09 bits per heavy atom. The number of halogens is 4. The summed E-state index contributed by atoms with van der Waals surface area (Å²) in [6, 6.07) is 0. The summed E-state index contributed by atoms with van der Waals surface area (Å²) in [7, 11) is 0. The molecule has 0 fully saturated rings. The van der Waals surface area contributed by atoms with Crippen LogP contribution in [0.15, 0.2) is 11.9 Å². The van der Waals surface area contributed by atoms with E-state index in [-0.39, 0.29) is 6.08 Å². The van der Waals surface area contributed by atoms with E-state index in [1.54, 1.807) is 0 Å². The van der Waals surface area contributed by atoms with Crippen molar-refractivity contribution in [2.45, 2.75) is 6.18 Å². The van der Waals surface area contributed by atoms with Crippen molar-refractivity contribution in [3.05, 3.63) is 11.9 Å². The van der Waals surface area contributed by atoms with Gasteiger partial charge >= 0.3 is 12.6 Å². The van der Waals surface area contributed by atoms with Gasteiger partial charge in [-0.2, -0.15) is 13.2 Å². The van der Waals surface area contributed by atoms with Gasteiger partial charge in [-0.1, -0.05) is 0 Å². The summed E-state index contributed by atoms with van der Waals surface area (Å²) >= 11 is 0. The van der Waals surface area contributed by atoms with Crippen molar-refractivity contribution in [1.29, 1.82) is 0 Å². The summed E-state index contributed by atoms with van der Waals surface area (Å²) < 4.78 is 49.3. The standard InChI is InChI=1S/C5H3F4O2/c6-4(5(7,8)9)1-2-11-3-10/h1H,2H2/b4-1-. The predicted octanol–water partition coefficient (Wildman–Crippen LogP) is 1.49. The van der Waals surface area contributed by atoms with E-state index in [9.17, 15) is 22.4 Å². The van der Waals surface area contributed by atoms with Crippen LogP contribution in [0.1, 0.15) is 0 Å². The van der Waals surface area contributed by atoms with Gasteiger partial charge in [0.1, 0.15) is 6.61 Å². The number of alkyl halides is 3. The molecule has 0 aliphatic carbocycles. The second kappa shape index (κ2) is 3.95. The first-order chi connectivity index (χ1) is 4.98. The highest BCUT2D eigenvalue weighted by atomic mass is 19.4. The summed E-state index contributed by atoms with van der Waals surface area (Å²) in [6.45, 7) is 0.0769. The minimum absolute atomic E-state index is 0.102. The molecule has 0 saturated heterocycles. The van der Waals surface area contributed by atoms with Crippen molar-refractivity contribution in [2.75, 3.05) is 6.61 Å². The number of rotatable bonds is 3. The maximum Gasteiger partial charge on any atom is 0.442 e. The van der Waals surface area contributed by atoms with Crippen LogP contribution in [0.2, 0.25) is 0 Å².